The largest absolute Gasteiger partial charge is 0.267 e. The van der Waals surface area contributed by atoms with E-state index in [0.717, 1.165) is 0 Å². The van der Waals surface area contributed by atoms with E-state index < -0.39 is 10.0 Å². The Hall–Kier alpha value is -0.790. The summed E-state index contributed by atoms with van der Waals surface area (Å²) >= 11 is 23.3. The number of sulfonamides is 1. The van der Waals surface area contributed by atoms with Gasteiger partial charge in [0.1, 0.15) is 10.0 Å². The minimum Gasteiger partial charge on any atom is -0.247 e. The molecule has 1 N–H and O–H groups in total. The second-order valence-electron chi connectivity index (χ2n) is 3.96. The summed E-state index contributed by atoms with van der Waals surface area (Å²) in [6.07, 6.45) is 0. The predicted octanol–water partition coefficient (Wildman–Crippen LogP) is 4.20. The van der Waals surface area contributed by atoms with Crippen LogP contribution in [-0.4, -0.2) is 18.4 Å². The van der Waals surface area contributed by atoms with Gasteiger partial charge in [-0.25, -0.2) is 23.1 Å². The third kappa shape index (κ3) is 3.90. The van der Waals surface area contributed by atoms with Crippen LogP contribution in [0.4, 0.5) is 5.95 Å². The summed E-state index contributed by atoms with van der Waals surface area (Å²) in [6, 6.07) is 4.03. The van der Waals surface area contributed by atoms with E-state index in [2.05, 4.69) is 14.7 Å². The Balaban J connectivity index is 2.48. The molecule has 0 atom stereocenters. The van der Waals surface area contributed by atoms with Gasteiger partial charge in [0.25, 0.3) is 10.0 Å². The lowest BCUT2D eigenvalue weighted by atomic mass is 10.4. The van der Waals surface area contributed by atoms with E-state index in [1.54, 1.807) is 6.92 Å². The van der Waals surface area contributed by atoms with Crippen LogP contribution in [-0.2, 0) is 10.0 Å². The third-order valence-electron chi connectivity index (χ3n) is 2.28. The van der Waals surface area contributed by atoms with Crippen molar-refractivity contribution in [2.75, 3.05) is 4.72 Å². The molecule has 112 valence electrons. The maximum Gasteiger partial charge on any atom is 0.267 e. The number of hydrogen-bond acceptors (Lipinski definition) is 4. The highest BCUT2D eigenvalue weighted by atomic mass is 35.5. The molecule has 0 aliphatic rings. The summed E-state index contributed by atoms with van der Waals surface area (Å²) in [5, 5.41) is 0.102. The molecule has 0 bridgehead atoms. The monoisotopic (exact) mass is 385 g/mol. The van der Waals surface area contributed by atoms with Gasteiger partial charge in [-0.05, 0) is 25.1 Å². The molecule has 0 spiro atoms. The molecule has 1 aromatic carbocycles. The lowest BCUT2D eigenvalue weighted by Crippen LogP contribution is -2.16. The van der Waals surface area contributed by atoms with Crippen LogP contribution in [0.3, 0.4) is 0 Å². The minimum absolute atomic E-state index is 0.105. The van der Waals surface area contributed by atoms with Crippen LogP contribution in [0.1, 0.15) is 5.69 Å². The molecule has 0 saturated carbocycles. The molecule has 5 nitrogen and oxygen atoms in total. The average Bonchev–Trinajstić information content (AvgIpc) is 2.23. The Labute approximate surface area is 141 Å². The van der Waals surface area contributed by atoms with Gasteiger partial charge in [-0.1, -0.05) is 46.4 Å². The first-order valence-corrected chi connectivity index (χ1v) is 8.37. The fourth-order valence-electron chi connectivity index (χ4n) is 1.53. The van der Waals surface area contributed by atoms with Crippen molar-refractivity contribution >= 4 is 62.4 Å². The summed E-state index contributed by atoms with van der Waals surface area (Å²) in [5.41, 5.74) is 0.501. The molecule has 0 radical (unpaired) electrons. The van der Waals surface area contributed by atoms with Crippen molar-refractivity contribution in [2.24, 2.45) is 0 Å². The summed E-state index contributed by atoms with van der Waals surface area (Å²) in [6.45, 7) is 1.65. The van der Waals surface area contributed by atoms with Gasteiger partial charge in [0.2, 0.25) is 5.95 Å². The molecular weight excluding hydrogens is 380 g/mol. The Bertz CT molecular complexity index is 768. The van der Waals surface area contributed by atoms with Gasteiger partial charge < -0.3 is 0 Å². The summed E-state index contributed by atoms with van der Waals surface area (Å²) < 4.78 is 26.8. The minimum atomic E-state index is -4.08. The Morgan fingerprint density at radius 3 is 2.10 bits per heavy atom. The molecule has 0 saturated heterocycles. The van der Waals surface area contributed by atoms with Gasteiger partial charge in [-0.2, -0.15) is 0 Å². The number of halogens is 4. The summed E-state index contributed by atoms with van der Waals surface area (Å²) in [7, 11) is -4.08. The van der Waals surface area contributed by atoms with Crippen molar-refractivity contribution in [3.63, 3.8) is 0 Å². The topological polar surface area (TPSA) is 72.0 Å². The summed E-state index contributed by atoms with van der Waals surface area (Å²) in [5.74, 6) is -0.179. The zero-order valence-corrected chi connectivity index (χ0v) is 14.2. The zero-order valence-electron chi connectivity index (χ0n) is 10.4. The molecule has 21 heavy (non-hydrogen) atoms. The van der Waals surface area contributed by atoms with E-state index in [1.807, 2.05) is 0 Å². The third-order valence-corrected chi connectivity index (χ3v) is 4.94. The number of aryl methyl sites for hydroxylation is 1. The number of nitrogens with one attached hydrogen (secondary N) is 1. The van der Waals surface area contributed by atoms with Crippen molar-refractivity contribution in [3.8, 4) is 0 Å². The SMILES string of the molecule is Cc1cc(Cl)nc(NS(=O)(=O)c2c(Cl)cc(Cl)cc2Cl)n1. The van der Waals surface area contributed by atoms with E-state index in [0.29, 0.717) is 5.69 Å². The second kappa shape index (κ2) is 6.14. The molecule has 0 unspecified atom stereocenters. The van der Waals surface area contributed by atoms with E-state index in [9.17, 15) is 8.42 Å². The van der Waals surface area contributed by atoms with Crippen LogP contribution in [0.5, 0.6) is 0 Å². The van der Waals surface area contributed by atoms with Crippen molar-refractivity contribution in [2.45, 2.75) is 11.8 Å². The Morgan fingerprint density at radius 2 is 1.57 bits per heavy atom. The number of hydrogen-bond donors (Lipinski definition) is 1. The molecule has 0 aliphatic heterocycles. The highest BCUT2D eigenvalue weighted by Gasteiger charge is 2.23. The van der Waals surface area contributed by atoms with Gasteiger partial charge in [0.05, 0.1) is 10.0 Å². The van der Waals surface area contributed by atoms with E-state index >= 15 is 0 Å². The lowest BCUT2D eigenvalue weighted by molar-refractivity contribution is 0.601. The first-order valence-electron chi connectivity index (χ1n) is 5.37. The molecule has 0 amide bonds. The number of nitrogens with zero attached hydrogens (tertiary/aromatic N) is 2. The quantitative estimate of drug-likeness (QED) is 0.802. The second-order valence-corrected chi connectivity index (χ2v) is 7.22. The lowest BCUT2D eigenvalue weighted by Gasteiger charge is -2.10. The van der Waals surface area contributed by atoms with E-state index in [-0.39, 0.29) is 31.1 Å². The molecule has 2 rings (SSSR count). The Kier molecular flexibility index (Phi) is 4.85. The first kappa shape index (κ1) is 16.6. The van der Waals surface area contributed by atoms with Gasteiger partial charge in [-0.3, -0.25) is 0 Å². The number of benzene rings is 1. The molecule has 1 aromatic heterocycles. The predicted molar refractivity (Wildman–Crippen MR) is 84.1 cm³/mol. The molecule has 0 fully saturated rings. The van der Waals surface area contributed by atoms with Gasteiger partial charge >= 0.3 is 0 Å². The van der Waals surface area contributed by atoms with Crippen LogP contribution < -0.4 is 4.72 Å². The van der Waals surface area contributed by atoms with Crippen molar-refractivity contribution in [3.05, 3.63) is 44.1 Å². The Morgan fingerprint density at radius 1 is 1.00 bits per heavy atom. The van der Waals surface area contributed by atoms with E-state index in [1.165, 1.54) is 18.2 Å². The fraction of sp³-hybridized carbons (Fsp3) is 0.0909. The molecular formula is C11H7Cl4N3O2S. The van der Waals surface area contributed by atoms with Crippen LogP contribution in [0.25, 0.3) is 0 Å². The molecule has 1 heterocycles. The standard InChI is InChI=1S/C11H7Cl4N3O2S/c1-5-2-9(15)17-11(16-5)18-21(19,20)10-7(13)3-6(12)4-8(10)14/h2-4H,1H3,(H,16,17,18). The first-order chi connectivity index (χ1) is 9.69. The van der Waals surface area contributed by atoms with Gasteiger partial charge in [0, 0.05) is 10.7 Å². The molecule has 0 aliphatic carbocycles. The number of rotatable bonds is 3. The van der Waals surface area contributed by atoms with E-state index in [4.69, 9.17) is 46.4 Å². The highest BCUT2D eigenvalue weighted by Crippen LogP contribution is 2.33. The van der Waals surface area contributed by atoms with Crippen LogP contribution in [0, 0.1) is 6.92 Å². The smallest absolute Gasteiger partial charge is 0.247 e. The van der Waals surface area contributed by atoms with Crippen molar-refractivity contribution in [1.29, 1.82) is 0 Å². The average molecular weight is 387 g/mol. The maximum atomic E-state index is 12.3. The maximum absolute atomic E-state index is 12.3. The van der Waals surface area contributed by atoms with Crippen LogP contribution in [0.15, 0.2) is 23.1 Å². The zero-order chi connectivity index (χ0) is 15.8. The fourth-order valence-corrected chi connectivity index (χ4v) is 4.26. The van der Waals surface area contributed by atoms with Gasteiger partial charge in [-0.15, -0.1) is 0 Å². The molecule has 10 heteroatoms. The van der Waals surface area contributed by atoms with Crippen molar-refractivity contribution < 1.29 is 8.42 Å². The van der Waals surface area contributed by atoms with Gasteiger partial charge in [0.15, 0.2) is 0 Å². The number of aromatic nitrogens is 2. The van der Waals surface area contributed by atoms with Crippen LogP contribution in [0.2, 0.25) is 20.2 Å². The molecule has 2 aromatic rings. The summed E-state index contributed by atoms with van der Waals surface area (Å²) in [4.78, 5) is 7.39. The van der Waals surface area contributed by atoms with Crippen molar-refractivity contribution in [1.82, 2.24) is 9.97 Å². The van der Waals surface area contributed by atoms with Crippen LogP contribution >= 0.6 is 46.4 Å². The number of anilines is 1. The highest BCUT2D eigenvalue weighted by molar-refractivity contribution is 7.93. The normalized spacial score (nSPS) is 11.5.